The number of hydrogen-bond acceptors (Lipinski definition) is 7. The fraction of sp³-hybridized carbons (Fsp3) is 0.375. The number of nitriles is 1. The smallest absolute Gasteiger partial charge is 0.254 e. The van der Waals surface area contributed by atoms with Gasteiger partial charge in [-0.05, 0) is 55.4 Å². The maximum absolute atomic E-state index is 13.2. The molecule has 1 aliphatic carbocycles. The summed E-state index contributed by atoms with van der Waals surface area (Å²) >= 11 is 0. The number of amides is 2. The van der Waals surface area contributed by atoms with Crippen LogP contribution in [0, 0.1) is 11.3 Å². The largest absolute Gasteiger partial charge is 0.480 e. The van der Waals surface area contributed by atoms with E-state index in [0.29, 0.717) is 18.9 Å². The summed E-state index contributed by atoms with van der Waals surface area (Å²) in [4.78, 5) is 34.6. The van der Waals surface area contributed by atoms with Crippen molar-refractivity contribution in [3.63, 3.8) is 0 Å². The van der Waals surface area contributed by atoms with Gasteiger partial charge in [-0.1, -0.05) is 18.2 Å². The second-order valence-corrected chi connectivity index (χ2v) is 8.32. The molecule has 9 nitrogen and oxygen atoms in total. The van der Waals surface area contributed by atoms with E-state index in [1.54, 1.807) is 6.08 Å². The van der Waals surface area contributed by atoms with E-state index in [-0.39, 0.29) is 29.4 Å². The minimum absolute atomic E-state index is 0.0488. The van der Waals surface area contributed by atoms with Gasteiger partial charge in [-0.3, -0.25) is 9.59 Å². The summed E-state index contributed by atoms with van der Waals surface area (Å²) in [6, 6.07) is 8.15. The molecular weight excluding hydrogens is 420 g/mol. The highest BCUT2D eigenvalue weighted by Gasteiger charge is 2.35. The second kappa shape index (κ2) is 9.69. The molecule has 2 heterocycles. The van der Waals surface area contributed by atoms with E-state index in [9.17, 15) is 9.59 Å². The van der Waals surface area contributed by atoms with E-state index in [4.69, 9.17) is 15.7 Å². The number of methoxy groups -OCH3 is 1. The van der Waals surface area contributed by atoms with Crippen LogP contribution < -0.4 is 15.8 Å². The van der Waals surface area contributed by atoms with Crippen molar-refractivity contribution in [1.82, 2.24) is 14.9 Å². The summed E-state index contributed by atoms with van der Waals surface area (Å²) < 4.78 is 5.17. The highest BCUT2D eigenvalue weighted by atomic mass is 16.5. The standard InChI is InChI=1S/C24H26N6O3/c1-33-22-17(12-25)13-27-24(29-22)28-18-5-3-6-19(11-18)30-14-16-9-8-15(4-2-7-21(26)31)10-20(16)23(30)32/h2,7-10,13,18-19H,3-6,11,14H2,1H3,(H2,26,31)(H,27,28,29)/t18-,19+/m1/s1. The highest BCUT2D eigenvalue weighted by molar-refractivity contribution is 5.98. The molecule has 0 spiro atoms. The van der Waals surface area contributed by atoms with Crippen molar-refractivity contribution in [2.24, 2.45) is 5.73 Å². The maximum Gasteiger partial charge on any atom is 0.254 e. The SMILES string of the molecule is COc1nc(N[C@@H]2CCC[C@H](N3Cc4ccc(CC=CC(N)=O)cc4C3=O)C2)ncc1C#N. The second-order valence-electron chi connectivity index (χ2n) is 8.32. The third kappa shape index (κ3) is 4.95. The summed E-state index contributed by atoms with van der Waals surface area (Å²) in [5, 5.41) is 12.5. The Labute approximate surface area is 192 Å². The maximum atomic E-state index is 13.2. The Morgan fingerprint density at radius 3 is 3.03 bits per heavy atom. The van der Waals surface area contributed by atoms with Gasteiger partial charge >= 0.3 is 0 Å². The van der Waals surface area contributed by atoms with Crippen LogP contribution in [0.5, 0.6) is 5.88 Å². The van der Waals surface area contributed by atoms with Crippen molar-refractivity contribution >= 4 is 17.8 Å². The topological polar surface area (TPSA) is 134 Å². The molecule has 1 aromatic carbocycles. The number of anilines is 1. The van der Waals surface area contributed by atoms with Crippen molar-refractivity contribution in [1.29, 1.82) is 5.26 Å². The van der Waals surface area contributed by atoms with Crippen molar-refractivity contribution < 1.29 is 14.3 Å². The van der Waals surface area contributed by atoms with E-state index in [2.05, 4.69) is 15.3 Å². The molecule has 1 fully saturated rings. The van der Waals surface area contributed by atoms with Crippen LogP contribution in [-0.4, -0.2) is 45.9 Å². The lowest BCUT2D eigenvalue weighted by molar-refractivity contribution is -0.113. The Balaban J connectivity index is 1.42. The fourth-order valence-electron chi connectivity index (χ4n) is 4.53. The van der Waals surface area contributed by atoms with E-state index in [1.807, 2.05) is 29.2 Å². The van der Waals surface area contributed by atoms with Crippen molar-refractivity contribution in [2.75, 3.05) is 12.4 Å². The molecule has 33 heavy (non-hydrogen) atoms. The molecule has 2 amide bonds. The first kappa shape index (κ1) is 22.3. The van der Waals surface area contributed by atoms with Gasteiger partial charge in [0.15, 0.2) is 0 Å². The van der Waals surface area contributed by atoms with Crippen LogP contribution in [-0.2, 0) is 17.8 Å². The first-order chi connectivity index (χ1) is 16.0. The predicted molar refractivity (Wildman–Crippen MR) is 121 cm³/mol. The number of ether oxygens (including phenoxy) is 1. The molecule has 1 aliphatic heterocycles. The Morgan fingerprint density at radius 2 is 2.27 bits per heavy atom. The summed E-state index contributed by atoms with van der Waals surface area (Å²) in [5.74, 6) is 0.228. The van der Waals surface area contributed by atoms with Gasteiger partial charge in [0.05, 0.1) is 13.3 Å². The number of rotatable bonds is 7. The number of nitrogens with two attached hydrogens (primary N) is 1. The van der Waals surface area contributed by atoms with Crippen molar-refractivity contribution in [3.05, 3.63) is 58.8 Å². The number of aromatic nitrogens is 2. The number of fused-ring (bicyclic) bond motifs is 1. The Hall–Kier alpha value is -3.93. The predicted octanol–water partition coefficient (Wildman–Crippen LogP) is 2.32. The number of nitrogens with zero attached hydrogens (tertiary/aromatic N) is 4. The Kier molecular flexibility index (Phi) is 6.54. The molecule has 0 bridgehead atoms. The van der Waals surface area contributed by atoms with Gasteiger partial charge in [0.2, 0.25) is 17.7 Å². The van der Waals surface area contributed by atoms with Crippen molar-refractivity contribution in [3.8, 4) is 11.9 Å². The van der Waals surface area contributed by atoms with E-state index < -0.39 is 5.91 Å². The van der Waals surface area contributed by atoms with Crippen molar-refractivity contribution in [2.45, 2.75) is 50.7 Å². The molecule has 1 saturated carbocycles. The monoisotopic (exact) mass is 446 g/mol. The van der Waals surface area contributed by atoms with Crippen LogP contribution in [0.15, 0.2) is 36.5 Å². The zero-order valence-corrected chi connectivity index (χ0v) is 18.5. The average molecular weight is 447 g/mol. The number of carbonyl (C=O) groups is 2. The minimum atomic E-state index is -0.483. The number of hydrogen-bond donors (Lipinski definition) is 2. The normalized spacial score (nSPS) is 19.9. The van der Waals surface area contributed by atoms with Gasteiger partial charge in [-0.2, -0.15) is 10.2 Å². The number of carbonyl (C=O) groups excluding carboxylic acids is 2. The lowest BCUT2D eigenvalue weighted by atomic mass is 9.90. The van der Waals surface area contributed by atoms with Gasteiger partial charge in [0.25, 0.3) is 5.91 Å². The molecule has 0 unspecified atom stereocenters. The van der Waals surface area contributed by atoms with E-state index in [1.165, 1.54) is 19.4 Å². The van der Waals surface area contributed by atoms with Crippen LogP contribution in [0.4, 0.5) is 5.95 Å². The number of benzene rings is 1. The zero-order chi connectivity index (χ0) is 23.4. The van der Waals surface area contributed by atoms with Gasteiger partial charge in [-0.25, -0.2) is 4.98 Å². The highest BCUT2D eigenvalue weighted by Crippen LogP contribution is 2.32. The molecule has 2 aromatic rings. The van der Waals surface area contributed by atoms with E-state index >= 15 is 0 Å². The van der Waals surface area contributed by atoms with Gasteiger partial charge in [0.1, 0.15) is 11.6 Å². The summed E-state index contributed by atoms with van der Waals surface area (Å²) in [6.45, 7) is 0.601. The Morgan fingerprint density at radius 1 is 1.42 bits per heavy atom. The number of nitrogens with one attached hydrogen (secondary N) is 1. The lowest BCUT2D eigenvalue weighted by Gasteiger charge is -2.35. The quantitative estimate of drug-likeness (QED) is 0.623. The molecule has 1 aromatic heterocycles. The van der Waals surface area contributed by atoms with Gasteiger partial charge < -0.3 is 20.7 Å². The Bertz CT molecular complexity index is 1140. The molecule has 3 N–H and O–H groups in total. The molecular formula is C24H26N6O3. The van der Waals surface area contributed by atoms with Gasteiger partial charge in [-0.15, -0.1) is 0 Å². The van der Waals surface area contributed by atoms with E-state index in [0.717, 1.165) is 42.4 Å². The van der Waals surface area contributed by atoms with Gasteiger partial charge in [0, 0.05) is 24.2 Å². The lowest BCUT2D eigenvalue weighted by Crippen LogP contribution is -2.42. The third-order valence-electron chi connectivity index (χ3n) is 6.13. The summed E-state index contributed by atoms with van der Waals surface area (Å²) in [7, 11) is 1.47. The molecule has 4 rings (SSSR count). The molecule has 0 radical (unpaired) electrons. The third-order valence-corrected chi connectivity index (χ3v) is 6.13. The first-order valence-corrected chi connectivity index (χ1v) is 10.9. The van der Waals surface area contributed by atoms with Crippen LogP contribution in [0.3, 0.4) is 0 Å². The minimum Gasteiger partial charge on any atom is -0.480 e. The molecule has 0 saturated heterocycles. The molecule has 2 atom stereocenters. The summed E-state index contributed by atoms with van der Waals surface area (Å²) in [5.41, 5.74) is 8.15. The zero-order valence-electron chi connectivity index (χ0n) is 18.5. The number of allylic oxidation sites excluding steroid dienone is 1. The number of primary amides is 1. The van der Waals surface area contributed by atoms with Crippen LogP contribution in [0.25, 0.3) is 0 Å². The van der Waals surface area contributed by atoms with Crippen LogP contribution in [0.1, 0.15) is 52.7 Å². The average Bonchev–Trinajstić information content (AvgIpc) is 3.15. The van der Waals surface area contributed by atoms with Crippen LogP contribution >= 0.6 is 0 Å². The molecule has 170 valence electrons. The molecule has 2 aliphatic rings. The summed E-state index contributed by atoms with van der Waals surface area (Å²) in [6.07, 6.45) is 8.72. The molecule has 9 heteroatoms. The first-order valence-electron chi connectivity index (χ1n) is 10.9. The van der Waals surface area contributed by atoms with Crippen LogP contribution in [0.2, 0.25) is 0 Å². The fourth-order valence-corrected chi connectivity index (χ4v) is 4.53.